The third-order valence-electron chi connectivity index (χ3n) is 3.40. The van der Waals surface area contributed by atoms with Crippen LogP contribution in [-0.4, -0.2) is 9.67 Å². The number of nitrogens with zero attached hydrogens (tertiary/aromatic N) is 2. The molecule has 102 valence electrons. The maximum absolute atomic E-state index is 12.5. The molecule has 0 aliphatic rings. The fraction of sp³-hybridized carbons (Fsp3) is 0.0588. The Hall–Kier alpha value is -2.90. The minimum atomic E-state index is -0.146. The van der Waals surface area contributed by atoms with Crippen molar-refractivity contribution in [3.05, 3.63) is 76.2 Å². The maximum atomic E-state index is 12.5. The summed E-state index contributed by atoms with van der Waals surface area (Å²) in [5.41, 5.74) is 1.79. The number of nitriles is 1. The summed E-state index contributed by atoms with van der Waals surface area (Å²) >= 11 is 0. The Bertz CT molecular complexity index is 920. The highest BCUT2D eigenvalue weighted by molar-refractivity contribution is 5.82. The van der Waals surface area contributed by atoms with E-state index < -0.39 is 0 Å². The van der Waals surface area contributed by atoms with E-state index in [1.165, 1.54) is 4.57 Å². The van der Waals surface area contributed by atoms with Crippen molar-refractivity contribution >= 4 is 10.8 Å². The van der Waals surface area contributed by atoms with Crippen LogP contribution in [0.15, 0.2) is 59.5 Å². The van der Waals surface area contributed by atoms with Crippen LogP contribution >= 0.6 is 0 Å². The molecular weight excluding hydrogens is 264 g/mol. The van der Waals surface area contributed by atoms with Gasteiger partial charge in [-0.15, -0.1) is 0 Å². The van der Waals surface area contributed by atoms with E-state index in [0.29, 0.717) is 16.6 Å². The molecule has 0 fully saturated rings. The van der Waals surface area contributed by atoms with Gasteiger partial charge in [0.25, 0.3) is 5.56 Å². The van der Waals surface area contributed by atoms with Gasteiger partial charge in [0.2, 0.25) is 0 Å². The second kappa shape index (κ2) is 5.23. The van der Waals surface area contributed by atoms with Crippen molar-refractivity contribution in [1.29, 1.82) is 5.26 Å². The molecule has 21 heavy (non-hydrogen) atoms. The number of pyridine rings is 1. The molecular formula is C17H12N2O2. The molecule has 0 spiro atoms. The number of aromatic nitrogens is 1. The summed E-state index contributed by atoms with van der Waals surface area (Å²) in [6, 6.07) is 16.1. The van der Waals surface area contributed by atoms with Gasteiger partial charge in [0.05, 0.1) is 18.2 Å². The molecule has 3 aromatic rings. The monoisotopic (exact) mass is 276 g/mol. The predicted octanol–water partition coefficient (Wildman–Crippen LogP) is 2.35. The molecule has 1 heterocycles. The van der Waals surface area contributed by atoms with Gasteiger partial charge in [-0.1, -0.05) is 12.1 Å². The largest absolute Gasteiger partial charge is 0.392 e. The van der Waals surface area contributed by atoms with E-state index in [-0.39, 0.29) is 12.2 Å². The quantitative estimate of drug-likeness (QED) is 0.781. The van der Waals surface area contributed by atoms with E-state index in [1.807, 2.05) is 6.07 Å². The van der Waals surface area contributed by atoms with Crippen molar-refractivity contribution in [3.8, 4) is 11.8 Å². The van der Waals surface area contributed by atoms with E-state index in [4.69, 9.17) is 10.4 Å². The van der Waals surface area contributed by atoms with Crippen molar-refractivity contribution in [1.82, 2.24) is 4.57 Å². The molecule has 0 unspecified atom stereocenters. The first-order valence-electron chi connectivity index (χ1n) is 6.48. The molecule has 0 saturated carbocycles. The number of fused-ring (bicyclic) bond motifs is 1. The summed E-state index contributed by atoms with van der Waals surface area (Å²) in [4.78, 5) is 12.5. The Morgan fingerprint density at radius 1 is 1.14 bits per heavy atom. The van der Waals surface area contributed by atoms with Crippen molar-refractivity contribution in [2.45, 2.75) is 6.61 Å². The lowest BCUT2D eigenvalue weighted by molar-refractivity contribution is 0.282. The normalized spacial score (nSPS) is 10.5. The van der Waals surface area contributed by atoms with E-state index in [2.05, 4.69) is 6.07 Å². The SMILES string of the molecule is N#Cc1cccc(-n2ccc3cc(CO)ccc3c2=O)c1. The Labute approximate surface area is 121 Å². The van der Waals surface area contributed by atoms with Gasteiger partial charge in [0.1, 0.15) is 0 Å². The highest BCUT2D eigenvalue weighted by Gasteiger charge is 2.06. The zero-order valence-corrected chi connectivity index (χ0v) is 11.2. The second-order valence-electron chi connectivity index (χ2n) is 4.73. The Balaban J connectivity index is 2.23. The molecule has 0 radical (unpaired) electrons. The molecule has 4 heteroatoms. The number of hydrogen-bond acceptors (Lipinski definition) is 3. The fourth-order valence-electron chi connectivity index (χ4n) is 2.32. The zero-order chi connectivity index (χ0) is 14.8. The minimum absolute atomic E-state index is 0.0523. The summed E-state index contributed by atoms with van der Waals surface area (Å²) < 4.78 is 1.52. The van der Waals surface area contributed by atoms with Gasteiger partial charge < -0.3 is 5.11 Å². The van der Waals surface area contributed by atoms with E-state index in [0.717, 1.165) is 10.9 Å². The second-order valence-corrected chi connectivity index (χ2v) is 4.73. The molecule has 0 amide bonds. The fourth-order valence-corrected chi connectivity index (χ4v) is 2.32. The third kappa shape index (κ3) is 2.31. The van der Waals surface area contributed by atoms with Gasteiger partial charge in [0.15, 0.2) is 0 Å². The molecule has 0 saturated heterocycles. The van der Waals surface area contributed by atoms with E-state index in [9.17, 15) is 4.79 Å². The van der Waals surface area contributed by atoms with Gasteiger partial charge in [-0.3, -0.25) is 9.36 Å². The summed E-state index contributed by atoms with van der Waals surface area (Å²) in [7, 11) is 0. The van der Waals surface area contributed by atoms with Crippen LogP contribution in [0, 0.1) is 11.3 Å². The van der Waals surface area contributed by atoms with Crippen LogP contribution in [0.1, 0.15) is 11.1 Å². The molecule has 0 bridgehead atoms. The standard InChI is InChI=1S/C17H12N2O2/c18-10-12-2-1-3-15(9-12)19-7-6-14-8-13(11-20)4-5-16(14)17(19)21/h1-9,20H,11H2. The van der Waals surface area contributed by atoms with Crippen LogP contribution in [0.4, 0.5) is 0 Å². The first-order chi connectivity index (χ1) is 10.2. The molecule has 1 aromatic heterocycles. The summed E-state index contributed by atoms with van der Waals surface area (Å²) in [5.74, 6) is 0. The zero-order valence-electron chi connectivity index (χ0n) is 11.2. The lowest BCUT2D eigenvalue weighted by Gasteiger charge is -2.08. The number of rotatable bonds is 2. The summed E-state index contributed by atoms with van der Waals surface area (Å²) in [6.07, 6.45) is 1.68. The molecule has 2 aromatic carbocycles. The summed E-state index contributed by atoms with van der Waals surface area (Å²) in [6.45, 7) is -0.0523. The number of aliphatic hydroxyl groups excluding tert-OH is 1. The van der Waals surface area contributed by atoms with E-state index in [1.54, 1.807) is 48.7 Å². The van der Waals surface area contributed by atoms with Gasteiger partial charge >= 0.3 is 0 Å². The van der Waals surface area contributed by atoms with Gasteiger partial charge in [0, 0.05) is 17.3 Å². The molecule has 3 rings (SSSR count). The highest BCUT2D eigenvalue weighted by atomic mass is 16.3. The topological polar surface area (TPSA) is 66.0 Å². The van der Waals surface area contributed by atoms with Crippen molar-refractivity contribution < 1.29 is 5.11 Å². The van der Waals surface area contributed by atoms with Crippen molar-refractivity contribution in [3.63, 3.8) is 0 Å². The van der Waals surface area contributed by atoms with Crippen LogP contribution in [0.25, 0.3) is 16.5 Å². The Kier molecular flexibility index (Phi) is 3.27. The van der Waals surface area contributed by atoms with Crippen LogP contribution in [-0.2, 0) is 6.61 Å². The van der Waals surface area contributed by atoms with Gasteiger partial charge in [-0.2, -0.15) is 5.26 Å². The Morgan fingerprint density at radius 3 is 2.76 bits per heavy atom. The molecule has 0 atom stereocenters. The van der Waals surface area contributed by atoms with Crippen LogP contribution in [0.2, 0.25) is 0 Å². The first kappa shape index (κ1) is 13.1. The number of aliphatic hydroxyl groups is 1. The summed E-state index contributed by atoms with van der Waals surface area (Å²) in [5, 5.41) is 19.5. The lowest BCUT2D eigenvalue weighted by atomic mass is 10.1. The molecule has 0 aliphatic heterocycles. The maximum Gasteiger partial charge on any atom is 0.262 e. The number of hydrogen-bond donors (Lipinski definition) is 1. The third-order valence-corrected chi connectivity index (χ3v) is 3.40. The predicted molar refractivity (Wildman–Crippen MR) is 80.2 cm³/mol. The average molecular weight is 276 g/mol. The molecule has 0 aliphatic carbocycles. The van der Waals surface area contributed by atoms with Crippen LogP contribution in [0.3, 0.4) is 0 Å². The smallest absolute Gasteiger partial charge is 0.262 e. The average Bonchev–Trinajstić information content (AvgIpc) is 2.55. The lowest BCUT2D eigenvalue weighted by Crippen LogP contribution is -2.17. The highest BCUT2D eigenvalue weighted by Crippen LogP contribution is 2.15. The number of benzene rings is 2. The van der Waals surface area contributed by atoms with Crippen LogP contribution < -0.4 is 5.56 Å². The first-order valence-corrected chi connectivity index (χ1v) is 6.48. The van der Waals surface area contributed by atoms with Crippen LogP contribution in [0.5, 0.6) is 0 Å². The minimum Gasteiger partial charge on any atom is -0.392 e. The Morgan fingerprint density at radius 2 is 2.00 bits per heavy atom. The van der Waals surface area contributed by atoms with Gasteiger partial charge in [-0.25, -0.2) is 0 Å². The van der Waals surface area contributed by atoms with Crippen molar-refractivity contribution in [2.75, 3.05) is 0 Å². The van der Waals surface area contributed by atoms with Gasteiger partial charge in [-0.05, 0) is 47.3 Å². The molecule has 4 nitrogen and oxygen atoms in total. The van der Waals surface area contributed by atoms with E-state index >= 15 is 0 Å². The van der Waals surface area contributed by atoms with Crippen molar-refractivity contribution in [2.24, 2.45) is 0 Å². The molecule has 1 N–H and O–H groups in total.